The van der Waals surface area contributed by atoms with E-state index in [1.807, 2.05) is 13.0 Å². The monoisotopic (exact) mass is 335 g/mol. The number of amides is 1. The third-order valence-corrected chi connectivity index (χ3v) is 4.33. The molecule has 1 atom stereocenters. The molecule has 1 aromatic rings. The molecule has 92 valence electrons. The summed E-state index contributed by atoms with van der Waals surface area (Å²) in [6, 6.07) is 3.51. The molecule has 1 aliphatic rings. The van der Waals surface area contributed by atoms with Crippen LogP contribution in [0.2, 0.25) is 10.0 Å². The van der Waals surface area contributed by atoms with Crippen molar-refractivity contribution in [2.75, 3.05) is 16.8 Å². The van der Waals surface area contributed by atoms with E-state index < -0.39 is 0 Å². The second-order valence-electron chi connectivity index (χ2n) is 4.28. The van der Waals surface area contributed by atoms with Crippen LogP contribution in [0.5, 0.6) is 0 Å². The number of anilines is 1. The van der Waals surface area contributed by atoms with Gasteiger partial charge in [0.05, 0.1) is 10.7 Å². The molecular weight excluding hydrogens is 325 g/mol. The summed E-state index contributed by atoms with van der Waals surface area (Å²) in [6.07, 6.45) is 0.573. The first kappa shape index (κ1) is 13.2. The zero-order chi connectivity index (χ0) is 12.6. The average Bonchev–Trinajstić information content (AvgIpc) is 2.59. The third kappa shape index (κ3) is 2.61. The van der Waals surface area contributed by atoms with Gasteiger partial charge in [0.25, 0.3) is 0 Å². The van der Waals surface area contributed by atoms with Gasteiger partial charge in [-0.2, -0.15) is 0 Å². The van der Waals surface area contributed by atoms with Crippen LogP contribution in [0.1, 0.15) is 12.0 Å². The Balaban J connectivity index is 2.38. The number of nitrogens with zero attached hydrogens (tertiary/aromatic N) is 1. The molecule has 1 aliphatic heterocycles. The molecule has 2 rings (SSSR count). The third-order valence-electron chi connectivity index (χ3n) is 2.91. The highest BCUT2D eigenvalue weighted by Gasteiger charge is 2.31. The van der Waals surface area contributed by atoms with E-state index in [4.69, 9.17) is 23.2 Å². The number of carbonyl (C=O) groups is 1. The zero-order valence-electron chi connectivity index (χ0n) is 9.34. The smallest absolute Gasteiger partial charge is 0.227 e. The van der Waals surface area contributed by atoms with E-state index in [1.165, 1.54) is 0 Å². The van der Waals surface area contributed by atoms with Crippen molar-refractivity contribution < 1.29 is 4.79 Å². The van der Waals surface area contributed by atoms with E-state index in [9.17, 15) is 4.79 Å². The molecule has 1 unspecified atom stereocenters. The van der Waals surface area contributed by atoms with Crippen LogP contribution in [0.25, 0.3) is 0 Å². The lowest BCUT2D eigenvalue weighted by Gasteiger charge is -2.20. The largest absolute Gasteiger partial charge is 0.310 e. The molecule has 0 N–H and O–H groups in total. The normalized spacial score (nSPS) is 20.1. The van der Waals surface area contributed by atoms with Gasteiger partial charge >= 0.3 is 0 Å². The summed E-state index contributed by atoms with van der Waals surface area (Å²) < 4.78 is 0. The van der Waals surface area contributed by atoms with Crippen LogP contribution in [0.15, 0.2) is 12.1 Å². The number of rotatable bonds is 2. The number of aryl methyl sites for hydroxylation is 1. The van der Waals surface area contributed by atoms with Gasteiger partial charge in [0, 0.05) is 23.3 Å². The molecule has 2 nitrogen and oxygen atoms in total. The van der Waals surface area contributed by atoms with Crippen LogP contribution in [0.3, 0.4) is 0 Å². The van der Waals surface area contributed by atoms with E-state index >= 15 is 0 Å². The van der Waals surface area contributed by atoms with Crippen LogP contribution in [0, 0.1) is 12.8 Å². The van der Waals surface area contributed by atoms with E-state index in [2.05, 4.69) is 15.9 Å². The minimum Gasteiger partial charge on any atom is -0.310 e. The molecule has 1 fully saturated rings. The quantitative estimate of drug-likeness (QED) is 0.746. The number of carbonyl (C=O) groups excluding carboxylic acids is 1. The Morgan fingerprint density at radius 2 is 2.18 bits per heavy atom. The van der Waals surface area contributed by atoms with Crippen LogP contribution >= 0.6 is 39.1 Å². The molecule has 0 bridgehead atoms. The summed E-state index contributed by atoms with van der Waals surface area (Å²) in [4.78, 5) is 13.7. The van der Waals surface area contributed by atoms with Crippen molar-refractivity contribution in [2.45, 2.75) is 13.3 Å². The lowest BCUT2D eigenvalue weighted by molar-refractivity contribution is -0.117. The summed E-state index contributed by atoms with van der Waals surface area (Å²) in [5.74, 6) is 0.482. The number of alkyl halides is 1. The number of halogens is 3. The SMILES string of the molecule is Cc1cc(Cl)cc(Cl)c1N1CC(CBr)CC1=O. The fourth-order valence-electron chi connectivity index (χ4n) is 2.14. The van der Waals surface area contributed by atoms with Gasteiger partial charge in [0.15, 0.2) is 0 Å². The summed E-state index contributed by atoms with van der Waals surface area (Å²) in [5, 5.41) is 1.97. The maximum Gasteiger partial charge on any atom is 0.227 e. The fourth-order valence-corrected chi connectivity index (χ4v) is 3.27. The maximum absolute atomic E-state index is 11.9. The molecule has 0 radical (unpaired) electrons. The van der Waals surface area contributed by atoms with E-state index in [1.54, 1.807) is 11.0 Å². The van der Waals surface area contributed by atoms with Crippen molar-refractivity contribution in [3.05, 3.63) is 27.7 Å². The van der Waals surface area contributed by atoms with E-state index in [0.717, 1.165) is 16.6 Å². The Morgan fingerprint density at radius 1 is 1.47 bits per heavy atom. The number of hydrogen-bond donors (Lipinski definition) is 0. The molecule has 0 spiro atoms. The molecule has 1 amide bonds. The molecule has 1 aromatic carbocycles. The predicted octanol–water partition coefficient (Wildman–Crippen LogP) is 4.05. The van der Waals surface area contributed by atoms with Gasteiger partial charge in [-0.1, -0.05) is 39.1 Å². The molecule has 0 aromatic heterocycles. The van der Waals surface area contributed by atoms with Crippen LogP contribution in [-0.4, -0.2) is 17.8 Å². The maximum atomic E-state index is 11.9. The predicted molar refractivity (Wildman–Crippen MR) is 75.5 cm³/mol. The van der Waals surface area contributed by atoms with E-state index in [-0.39, 0.29) is 5.91 Å². The Labute approximate surface area is 119 Å². The van der Waals surface area contributed by atoms with Crippen molar-refractivity contribution in [1.29, 1.82) is 0 Å². The highest BCUT2D eigenvalue weighted by molar-refractivity contribution is 9.09. The van der Waals surface area contributed by atoms with Crippen LogP contribution in [-0.2, 0) is 4.79 Å². The lowest BCUT2D eigenvalue weighted by Crippen LogP contribution is -2.25. The van der Waals surface area contributed by atoms with Gasteiger partial charge < -0.3 is 4.90 Å². The summed E-state index contributed by atoms with van der Waals surface area (Å²) in [6.45, 7) is 2.63. The Morgan fingerprint density at radius 3 is 2.71 bits per heavy atom. The lowest BCUT2D eigenvalue weighted by atomic mass is 10.1. The first-order valence-electron chi connectivity index (χ1n) is 5.35. The first-order chi connectivity index (χ1) is 8.02. The summed E-state index contributed by atoms with van der Waals surface area (Å²) >= 11 is 15.5. The van der Waals surface area contributed by atoms with Gasteiger partial charge in [-0.15, -0.1) is 0 Å². The summed E-state index contributed by atoms with van der Waals surface area (Å²) in [7, 11) is 0. The highest BCUT2D eigenvalue weighted by Crippen LogP contribution is 2.36. The van der Waals surface area contributed by atoms with Crippen molar-refractivity contribution in [1.82, 2.24) is 0 Å². The van der Waals surface area contributed by atoms with Crippen molar-refractivity contribution in [2.24, 2.45) is 5.92 Å². The van der Waals surface area contributed by atoms with E-state index in [0.29, 0.717) is 28.9 Å². The Kier molecular flexibility index (Phi) is 4.01. The van der Waals surface area contributed by atoms with Crippen molar-refractivity contribution in [3.8, 4) is 0 Å². The molecule has 1 saturated heterocycles. The first-order valence-corrected chi connectivity index (χ1v) is 7.22. The zero-order valence-corrected chi connectivity index (χ0v) is 12.4. The highest BCUT2D eigenvalue weighted by atomic mass is 79.9. The van der Waals surface area contributed by atoms with Gasteiger partial charge in [0.1, 0.15) is 0 Å². The van der Waals surface area contributed by atoms with Crippen molar-refractivity contribution >= 4 is 50.7 Å². The number of hydrogen-bond acceptors (Lipinski definition) is 1. The Hall–Kier alpha value is -0.250. The Bertz CT molecular complexity index is 441. The van der Waals surface area contributed by atoms with Gasteiger partial charge in [0.2, 0.25) is 5.91 Å². The molecular formula is C12H12BrCl2NO. The number of benzene rings is 1. The average molecular weight is 337 g/mol. The minimum absolute atomic E-state index is 0.127. The minimum atomic E-state index is 0.127. The fraction of sp³-hybridized carbons (Fsp3) is 0.417. The molecule has 1 heterocycles. The van der Waals surface area contributed by atoms with Crippen LogP contribution in [0.4, 0.5) is 5.69 Å². The second-order valence-corrected chi connectivity index (χ2v) is 5.77. The van der Waals surface area contributed by atoms with Crippen LogP contribution < -0.4 is 4.90 Å². The summed E-state index contributed by atoms with van der Waals surface area (Å²) in [5.41, 5.74) is 1.73. The molecule has 0 aliphatic carbocycles. The van der Waals surface area contributed by atoms with Crippen molar-refractivity contribution in [3.63, 3.8) is 0 Å². The molecule has 5 heteroatoms. The molecule has 0 saturated carbocycles. The standard InChI is InChI=1S/C12H12BrCl2NO/c1-7-2-9(14)4-10(15)12(7)16-6-8(5-13)3-11(16)17/h2,4,8H,3,5-6H2,1H3. The van der Waals surface area contributed by atoms with Gasteiger partial charge in [-0.3, -0.25) is 4.79 Å². The molecule has 17 heavy (non-hydrogen) atoms. The van der Waals surface area contributed by atoms with Gasteiger partial charge in [-0.25, -0.2) is 0 Å². The second kappa shape index (κ2) is 5.17. The van der Waals surface area contributed by atoms with Gasteiger partial charge in [-0.05, 0) is 30.5 Å². The topological polar surface area (TPSA) is 20.3 Å².